The van der Waals surface area contributed by atoms with Crippen LogP contribution in [0, 0.1) is 6.92 Å². The molecule has 6 heteroatoms. The highest BCUT2D eigenvalue weighted by molar-refractivity contribution is 7.91. The summed E-state index contributed by atoms with van der Waals surface area (Å²) in [7, 11) is -1.69. The van der Waals surface area contributed by atoms with Crippen molar-refractivity contribution in [1.29, 1.82) is 0 Å². The van der Waals surface area contributed by atoms with Gasteiger partial charge in [0, 0.05) is 19.0 Å². The summed E-state index contributed by atoms with van der Waals surface area (Å²) in [5.41, 5.74) is 3.20. The van der Waals surface area contributed by atoms with Crippen LogP contribution in [0.1, 0.15) is 23.5 Å². The molecular formula is C19H21N3O2S. The zero-order chi connectivity index (χ0) is 17.6. The van der Waals surface area contributed by atoms with Crippen LogP contribution in [0.2, 0.25) is 0 Å². The Labute approximate surface area is 147 Å². The molecule has 4 rings (SSSR count). The highest BCUT2D eigenvalue weighted by Crippen LogP contribution is 2.30. The molecule has 1 aliphatic heterocycles. The van der Waals surface area contributed by atoms with Crippen LogP contribution in [0.3, 0.4) is 0 Å². The van der Waals surface area contributed by atoms with E-state index in [1.165, 1.54) is 5.56 Å². The molecule has 1 aliphatic rings. The molecule has 0 spiro atoms. The van der Waals surface area contributed by atoms with Crippen molar-refractivity contribution in [2.24, 2.45) is 7.05 Å². The zero-order valence-corrected chi connectivity index (χ0v) is 15.2. The van der Waals surface area contributed by atoms with Crippen LogP contribution in [0.5, 0.6) is 0 Å². The van der Waals surface area contributed by atoms with E-state index in [9.17, 15) is 8.42 Å². The number of hydrogen-bond acceptors (Lipinski definition) is 4. The SMILES string of the molecule is Cc1cc(S(=O)(=O)c2ccc3c(cnn3C)c2)ccc1C1CCNC1. The van der Waals surface area contributed by atoms with Gasteiger partial charge in [0.1, 0.15) is 0 Å². The molecule has 0 radical (unpaired) electrons. The van der Waals surface area contributed by atoms with E-state index in [1.807, 2.05) is 20.0 Å². The Hall–Kier alpha value is -2.18. The minimum Gasteiger partial charge on any atom is -0.316 e. The number of rotatable bonds is 3. The van der Waals surface area contributed by atoms with Crippen LogP contribution in [-0.4, -0.2) is 31.3 Å². The summed E-state index contributed by atoms with van der Waals surface area (Å²) in [5.74, 6) is 0.475. The molecule has 1 unspecified atom stereocenters. The highest BCUT2D eigenvalue weighted by Gasteiger charge is 2.22. The number of fused-ring (bicyclic) bond motifs is 1. The predicted octanol–water partition coefficient (Wildman–Crippen LogP) is 2.79. The van der Waals surface area contributed by atoms with E-state index in [0.717, 1.165) is 36.0 Å². The van der Waals surface area contributed by atoms with Gasteiger partial charge in [0.25, 0.3) is 0 Å². The molecule has 130 valence electrons. The molecule has 2 aromatic carbocycles. The smallest absolute Gasteiger partial charge is 0.206 e. The van der Waals surface area contributed by atoms with Crippen molar-refractivity contribution in [3.05, 3.63) is 53.7 Å². The maximum absolute atomic E-state index is 13.0. The molecule has 0 aliphatic carbocycles. The van der Waals surface area contributed by atoms with E-state index in [4.69, 9.17) is 0 Å². The summed E-state index contributed by atoms with van der Waals surface area (Å²) in [6.45, 7) is 3.98. The number of benzene rings is 2. The van der Waals surface area contributed by atoms with Gasteiger partial charge in [-0.25, -0.2) is 8.42 Å². The van der Waals surface area contributed by atoms with Gasteiger partial charge in [-0.2, -0.15) is 5.10 Å². The quantitative estimate of drug-likeness (QED) is 0.785. The van der Waals surface area contributed by atoms with E-state index in [1.54, 1.807) is 41.2 Å². The predicted molar refractivity (Wildman–Crippen MR) is 97.6 cm³/mol. The Bertz CT molecular complexity index is 1050. The molecule has 0 bridgehead atoms. The van der Waals surface area contributed by atoms with E-state index in [2.05, 4.69) is 10.4 Å². The van der Waals surface area contributed by atoms with Crippen molar-refractivity contribution < 1.29 is 8.42 Å². The fourth-order valence-electron chi connectivity index (χ4n) is 3.64. The average molecular weight is 355 g/mol. The largest absolute Gasteiger partial charge is 0.316 e. The van der Waals surface area contributed by atoms with Crippen molar-refractivity contribution in [1.82, 2.24) is 15.1 Å². The first-order valence-corrected chi connectivity index (χ1v) is 9.93. The lowest BCUT2D eigenvalue weighted by molar-refractivity contribution is 0.596. The second-order valence-electron chi connectivity index (χ2n) is 6.70. The number of aromatic nitrogens is 2. The van der Waals surface area contributed by atoms with Gasteiger partial charge in [-0.15, -0.1) is 0 Å². The van der Waals surface area contributed by atoms with Crippen LogP contribution >= 0.6 is 0 Å². The molecule has 1 aromatic heterocycles. The number of hydrogen-bond donors (Lipinski definition) is 1. The fourth-order valence-corrected chi connectivity index (χ4v) is 5.02. The summed E-state index contributed by atoms with van der Waals surface area (Å²) in [6, 6.07) is 10.7. The van der Waals surface area contributed by atoms with Gasteiger partial charge in [0.15, 0.2) is 0 Å². The molecule has 3 aromatic rings. The normalized spacial score (nSPS) is 18.1. The minimum atomic E-state index is -3.54. The third-order valence-corrected chi connectivity index (χ3v) is 6.83. The molecule has 25 heavy (non-hydrogen) atoms. The van der Waals surface area contributed by atoms with Crippen LogP contribution in [0.15, 0.2) is 52.4 Å². The Morgan fingerprint density at radius 1 is 1.16 bits per heavy atom. The van der Waals surface area contributed by atoms with Gasteiger partial charge in [-0.05, 0) is 67.3 Å². The van der Waals surface area contributed by atoms with E-state index < -0.39 is 9.84 Å². The van der Waals surface area contributed by atoms with Crippen molar-refractivity contribution in [3.8, 4) is 0 Å². The Morgan fingerprint density at radius 2 is 1.92 bits per heavy atom. The van der Waals surface area contributed by atoms with E-state index in [0.29, 0.717) is 15.7 Å². The molecule has 5 nitrogen and oxygen atoms in total. The molecule has 0 amide bonds. The lowest BCUT2D eigenvalue weighted by Crippen LogP contribution is -2.09. The monoisotopic (exact) mass is 355 g/mol. The summed E-state index contributed by atoms with van der Waals surface area (Å²) >= 11 is 0. The van der Waals surface area contributed by atoms with Crippen LogP contribution in [0.4, 0.5) is 0 Å². The Balaban J connectivity index is 1.74. The maximum atomic E-state index is 13.0. The third kappa shape index (κ3) is 2.75. The minimum absolute atomic E-state index is 0.308. The first kappa shape index (κ1) is 16.3. The van der Waals surface area contributed by atoms with Crippen molar-refractivity contribution in [2.75, 3.05) is 13.1 Å². The molecule has 1 saturated heterocycles. The van der Waals surface area contributed by atoms with Crippen molar-refractivity contribution in [3.63, 3.8) is 0 Å². The summed E-state index contributed by atoms with van der Waals surface area (Å²) in [6.07, 6.45) is 2.79. The van der Waals surface area contributed by atoms with Gasteiger partial charge < -0.3 is 5.32 Å². The average Bonchev–Trinajstić information content (AvgIpc) is 3.25. The van der Waals surface area contributed by atoms with Gasteiger partial charge in [-0.1, -0.05) is 6.07 Å². The second-order valence-corrected chi connectivity index (χ2v) is 8.65. The zero-order valence-electron chi connectivity index (χ0n) is 14.4. The van der Waals surface area contributed by atoms with Gasteiger partial charge >= 0.3 is 0 Å². The lowest BCUT2D eigenvalue weighted by Gasteiger charge is -2.14. The molecule has 1 atom stereocenters. The first-order chi connectivity index (χ1) is 12.0. The first-order valence-electron chi connectivity index (χ1n) is 8.45. The maximum Gasteiger partial charge on any atom is 0.206 e. The van der Waals surface area contributed by atoms with Gasteiger partial charge in [-0.3, -0.25) is 4.68 Å². The number of aryl methyl sites for hydroxylation is 2. The molecule has 0 saturated carbocycles. The summed E-state index contributed by atoms with van der Waals surface area (Å²) in [5, 5.41) is 8.37. The topological polar surface area (TPSA) is 64.0 Å². The number of sulfone groups is 1. The number of nitrogens with zero attached hydrogens (tertiary/aromatic N) is 2. The van der Waals surface area contributed by atoms with Crippen molar-refractivity contribution >= 4 is 20.7 Å². The summed E-state index contributed by atoms with van der Waals surface area (Å²) < 4.78 is 27.8. The van der Waals surface area contributed by atoms with Crippen LogP contribution < -0.4 is 5.32 Å². The van der Waals surface area contributed by atoms with Gasteiger partial charge in [0.2, 0.25) is 9.84 Å². The highest BCUT2D eigenvalue weighted by atomic mass is 32.2. The molecule has 1 N–H and O–H groups in total. The lowest BCUT2D eigenvalue weighted by atomic mass is 9.94. The van der Waals surface area contributed by atoms with Crippen LogP contribution in [-0.2, 0) is 16.9 Å². The van der Waals surface area contributed by atoms with Gasteiger partial charge in [0.05, 0.1) is 21.5 Å². The van der Waals surface area contributed by atoms with Crippen molar-refractivity contribution in [2.45, 2.75) is 29.1 Å². The Kier molecular flexibility index (Phi) is 3.89. The van der Waals surface area contributed by atoms with Crippen LogP contribution in [0.25, 0.3) is 10.9 Å². The third-order valence-electron chi connectivity index (χ3n) is 5.08. The second kappa shape index (κ2) is 5.97. The standard InChI is InChI=1S/C19H21N3O2S/c1-13-9-16(3-5-18(13)14-7-8-20-11-14)25(23,24)17-4-6-19-15(10-17)12-21-22(19)2/h3-6,9-10,12,14,20H,7-8,11H2,1-2H3. The molecular weight excluding hydrogens is 334 g/mol. The Morgan fingerprint density at radius 3 is 2.64 bits per heavy atom. The molecule has 1 fully saturated rings. The molecule has 2 heterocycles. The van der Waals surface area contributed by atoms with E-state index >= 15 is 0 Å². The number of nitrogens with one attached hydrogen (secondary N) is 1. The summed E-state index contributed by atoms with van der Waals surface area (Å²) in [4.78, 5) is 0.658. The fraction of sp³-hybridized carbons (Fsp3) is 0.316. The van der Waals surface area contributed by atoms with E-state index in [-0.39, 0.29) is 0 Å².